The van der Waals surface area contributed by atoms with Gasteiger partial charge in [-0.05, 0) is 29.5 Å². The Kier molecular flexibility index (Phi) is 3.79. The highest BCUT2D eigenvalue weighted by molar-refractivity contribution is 6.15. The highest BCUT2D eigenvalue weighted by Crippen LogP contribution is 2.41. The predicted octanol–water partition coefficient (Wildman–Crippen LogP) is 3.06. The van der Waals surface area contributed by atoms with Crippen molar-refractivity contribution in [3.63, 3.8) is 0 Å². The molecule has 2 aromatic rings. The molecule has 1 atom stereocenters. The third kappa shape index (κ3) is 2.33. The maximum atomic E-state index is 12.8. The molecule has 3 rings (SSSR count). The van der Waals surface area contributed by atoms with Gasteiger partial charge in [0, 0.05) is 5.56 Å². The molecule has 0 amide bonds. The molecule has 0 fully saturated rings. The molecule has 0 bridgehead atoms. The van der Waals surface area contributed by atoms with Crippen molar-refractivity contribution in [1.29, 1.82) is 0 Å². The number of aromatic hydroxyl groups is 2. The van der Waals surface area contributed by atoms with Crippen molar-refractivity contribution < 1.29 is 24.9 Å². The largest absolute Gasteiger partial charge is 0.507 e. The molecule has 0 radical (unpaired) electrons. The van der Waals surface area contributed by atoms with Crippen LogP contribution in [0.25, 0.3) is 0 Å². The van der Waals surface area contributed by atoms with Gasteiger partial charge in [0.15, 0.2) is 0 Å². The molecule has 0 aromatic heterocycles. The number of aliphatic carboxylic acids is 1. The average molecular weight is 326 g/mol. The lowest BCUT2D eigenvalue weighted by Crippen LogP contribution is -2.21. The van der Waals surface area contributed by atoms with E-state index in [0.29, 0.717) is 17.5 Å². The quantitative estimate of drug-likeness (QED) is 0.687. The van der Waals surface area contributed by atoms with Crippen molar-refractivity contribution >= 4 is 11.8 Å². The molecule has 0 unspecified atom stereocenters. The Morgan fingerprint density at radius 1 is 1.04 bits per heavy atom. The first-order valence-electron chi connectivity index (χ1n) is 7.76. The second-order valence-electron chi connectivity index (χ2n) is 6.41. The fourth-order valence-corrected chi connectivity index (χ4v) is 3.40. The van der Waals surface area contributed by atoms with E-state index in [1.165, 1.54) is 6.07 Å². The van der Waals surface area contributed by atoms with Crippen LogP contribution in [0.15, 0.2) is 30.3 Å². The number of hydrogen-bond acceptors (Lipinski definition) is 4. The number of hydrogen-bond donors (Lipinski definition) is 3. The van der Waals surface area contributed by atoms with Crippen LogP contribution < -0.4 is 0 Å². The maximum absolute atomic E-state index is 12.8. The van der Waals surface area contributed by atoms with Crippen molar-refractivity contribution in [3.8, 4) is 11.5 Å². The zero-order valence-corrected chi connectivity index (χ0v) is 13.4. The van der Waals surface area contributed by atoms with E-state index in [0.717, 1.165) is 0 Å². The molecule has 3 N–H and O–H groups in total. The van der Waals surface area contributed by atoms with E-state index in [9.17, 15) is 24.9 Å². The monoisotopic (exact) mass is 326 g/mol. The summed E-state index contributed by atoms with van der Waals surface area (Å²) in [5.41, 5.74) is 1.82. The first kappa shape index (κ1) is 16.1. The highest BCUT2D eigenvalue weighted by Gasteiger charge is 2.33. The van der Waals surface area contributed by atoms with Crippen LogP contribution in [0.3, 0.4) is 0 Å². The third-order valence-electron chi connectivity index (χ3n) is 4.53. The third-order valence-corrected chi connectivity index (χ3v) is 4.53. The zero-order chi connectivity index (χ0) is 17.6. The summed E-state index contributed by atoms with van der Waals surface area (Å²) >= 11 is 0. The van der Waals surface area contributed by atoms with Gasteiger partial charge in [-0.3, -0.25) is 9.59 Å². The lowest BCUT2D eigenvalue weighted by molar-refractivity contribution is -0.139. The second-order valence-corrected chi connectivity index (χ2v) is 6.41. The Morgan fingerprint density at radius 3 is 2.33 bits per heavy atom. The lowest BCUT2D eigenvalue weighted by atomic mass is 9.80. The number of rotatable bonds is 3. The Morgan fingerprint density at radius 2 is 1.71 bits per heavy atom. The number of carbonyl (C=O) groups excluding carboxylic acids is 1. The molecule has 1 aliphatic carbocycles. The van der Waals surface area contributed by atoms with Gasteiger partial charge in [-0.15, -0.1) is 0 Å². The first-order valence-corrected chi connectivity index (χ1v) is 7.76. The maximum Gasteiger partial charge on any atom is 0.311 e. The number of benzene rings is 2. The van der Waals surface area contributed by atoms with Crippen molar-refractivity contribution in [2.75, 3.05) is 0 Å². The molecule has 1 aliphatic rings. The van der Waals surface area contributed by atoms with Crippen molar-refractivity contribution in [2.45, 2.75) is 26.2 Å². The van der Waals surface area contributed by atoms with Gasteiger partial charge in [-0.2, -0.15) is 0 Å². The molecule has 0 saturated carbocycles. The van der Waals surface area contributed by atoms with E-state index in [1.54, 1.807) is 38.1 Å². The van der Waals surface area contributed by atoms with E-state index in [1.807, 2.05) is 0 Å². The van der Waals surface area contributed by atoms with Crippen molar-refractivity contribution in [2.24, 2.45) is 5.92 Å². The van der Waals surface area contributed by atoms with Gasteiger partial charge in [0.1, 0.15) is 11.5 Å². The molecule has 2 aromatic carbocycles. The van der Waals surface area contributed by atoms with Crippen LogP contribution in [0.5, 0.6) is 11.5 Å². The van der Waals surface area contributed by atoms with Crippen LogP contribution in [0, 0.1) is 5.92 Å². The first-order chi connectivity index (χ1) is 11.3. The second kappa shape index (κ2) is 5.67. The van der Waals surface area contributed by atoms with E-state index in [2.05, 4.69) is 0 Å². The fraction of sp³-hybridized carbons (Fsp3) is 0.263. The van der Waals surface area contributed by atoms with Crippen LogP contribution in [0.2, 0.25) is 0 Å². The summed E-state index contributed by atoms with van der Waals surface area (Å²) in [5, 5.41) is 30.1. The minimum absolute atomic E-state index is 0.0911. The van der Waals surface area contributed by atoms with E-state index >= 15 is 0 Å². The van der Waals surface area contributed by atoms with Gasteiger partial charge in [-0.1, -0.05) is 38.1 Å². The van der Waals surface area contributed by atoms with E-state index in [-0.39, 0.29) is 34.1 Å². The molecule has 5 heteroatoms. The summed E-state index contributed by atoms with van der Waals surface area (Å²) in [5.74, 6) is -3.11. The molecule has 0 heterocycles. The molecule has 24 heavy (non-hydrogen) atoms. The van der Waals surface area contributed by atoms with Gasteiger partial charge < -0.3 is 15.3 Å². The molecule has 0 aliphatic heterocycles. The van der Waals surface area contributed by atoms with Gasteiger partial charge in [0.25, 0.3) is 0 Å². The minimum atomic E-state index is -1.05. The summed E-state index contributed by atoms with van der Waals surface area (Å²) in [6.45, 7) is 3.50. The topological polar surface area (TPSA) is 94.8 Å². The molecule has 5 nitrogen and oxygen atoms in total. The van der Waals surface area contributed by atoms with Crippen LogP contribution in [-0.2, 0) is 11.2 Å². The van der Waals surface area contributed by atoms with Gasteiger partial charge >= 0.3 is 5.97 Å². The molecule has 0 spiro atoms. The standard InChI is InChI=1S/C19H18O5/c1-9(2)14(19(23)24)12-7-6-11-8-10-4-3-5-13(20)15(10)18(22)16(11)17(12)21/h3-7,9,14,20-21H,8H2,1-2H3,(H,23,24)/t14-/m0/s1. The van der Waals surface area contributed by atoms with Crippen molar-refractivity contribution in [1.82, 2.24) is 0 Å². The average Bonchev–Trinajstić information content (AvgIpc) is 2.49. The van der Waals surface area contributed by atoms with Gasteiger partial charge in [0.05, 0.1) is 17.0 Å². The van der Waals surface area contributed by atoms with Crippen molar-refractivity contribution in [3.05, 3.63) is 58.1 Å². The summed E-state index contributed by atoms with van der Waals surface area (Å²) in [6.07, 6.45) is 0.401. The number of phenolic OH excluding ortho intramolecular Hbond substituents is 2. The van der Waals surface area contributed by atoms with Gasteiger partial charge in [0.2, 0.25) is 5.78 Å². The normalized spacial score (nSPS) is 14.2. The van der Waals surface area contributed by atoms with Crippen LogP contribution in [0.1, 0.15) is 52.4 Å². The minimum Gasteiger partial charge on any atom is -0.507 e. The Hall–Kier alpha value is -2.82. The summed E-state index contributed by atoms with van der Waals surface area (Å²) in [4.78, 5) is 24.4. The Labute approximate surface area is 139 Å². The SMILES string of the molecule is CC(C)[C@H](C(=O)O)c1ccc2c(c1O)C(=O)c1c(O)cccc1C2. The Bertz CT molecular complexity index is 851. The number of carbonyl (C=O) groups is 2. The number of fused-ring (bicyclic) bond motifs is 2. The summed E-state index contributed by atoms with van der Waals surface area (Å²) < 4.78 is 0. The highest BCUT2D eigenvalue weighted by atomic mass is 16.4. The smallest absolute Gasteiger partial charge is 0.311 e. The van der Waals surface area contributed by atoms with Crippen LogP contribution in [-0.4, -0.2) is 27.1 Å². The molecule has 124 valence electrons. The van der Waals surface area contributed by atoms with E-state index < -0.39 is 17.7 Å². The predicted molar refractivity (Wildman–Crippen MR) is 87.7 cm³/mol. The van der Waals surface area contributed by atoms with Crippen LogP contribution in [0.4, 0.5) is 0 Å². The summed E-state index contributed by atoms with van der Waals surface area (Å²) in [7, 11) is 0. The summed E-state index contributed by atoms with van der Waals surface area (Å²) in [6, 6.07) is 8.12. The van der Waals surface area contributed by atoms with Gasteiger partial charge in [-0.25, -0.2) is 0 Å². The molecular weight excluding hydrogens is 308 g/mol. The lowest BCUT2D eigenvalue weighted by Gasteiger charge is -2.24. The number of carboxylic acid groups (broad SMARTS) is 1. The zero-order valence-electron chi connectivity index (χ0n) is 13.4. The molecule has 0 saturated heterocycles. The molecular formula is C19H18O5. The number of phenols is 2. The fourth-order valence-electron chi connectivity index (χ4n) is 3.40. The Balaban J connectivity index is 2.19. The van der Waals surface area contributed by atoms with Crippen LogP contribution >= 0.6 is 0 Å². The van der Waals surface area contributed by atoms with E-state index in [4.69, 9.17) is 0 Å². The number of ketones is 1. The number of carboxylic acids is 1.